The van der Waals surface area contributed by atoms with Crippen molar-refractivity contribution < 1.29 is 9.21 Å². The Morgan fingerprint density at radius 1 is 1.32 bits per heavy atom. The van der Waals surface area contributed by atoms with Gasteiger partial charge in [-0.2, -0.15) is 5.10 Å². The molecule has 0 bridgehead atoms. The number of carbonyl (C=O) groups excluding carboxylic acids is 1. The number of halogens is 2. The summed E-state index contributed by atoms with van der Waals surface area (Å²) in [5.41, 5.74) is 3.37. The fourth-order valence-electron chi connectivity index (χ4n) is 1.47. The van der Waals surface area contributed by atoms with Crippen LogP contribution >= 0.6 is 23.2 Å². The third-order valence-electron chi connectivity index (χ3n) is 2.46. The van der Waals surface area contributed by atoms with Crippen molar-refractivity contribution in [3.63, 3.8) is 0 Å². The van der Waals surface area contributed by atoms with Gasteiger partial charge in [-0.3, -0.25) is 4.79 Å². The summed E-state index contributed by atoms with van der Waals surface area (Å²) in [7, 11) is 0. The van der Waals surface area contributed by atoms with Gasteiger partial charge in [0.2, 0.25) is 0 Å². The first-order chi connectivity index (χ1) is 9.09. The van der Waals surface area contributed by atoms with Gasteiger partial charge in [0.25, 0.3) is 5.91 Å². The van der Waals surface area contributed by atoms with Crippen LogP contribution in [0, 0.1) is 6.92 Å². The maximum atomic E-state index is 11.7. The van der Waals surface area contributed by atoms with Crippen LogP contribution in [0.15, 0.2) is 40.0 Å². The molecule has 2 rings (SSSR count). The minimum atomic E-state index is -0.356. The van der Waals surface area contributed by atoms with Crippen LogP contribution in [0.1, 0.15) is 21.7 Å². The Morgan fingerprint density at radius 3 is 2.58 bits per heavy atom. The number of nitrogens with one attached hydrogen (secondary N) is 1. The second-order valence-electron chi connectivity index (χ2n) is 3.72. The average Bonchev–Trinajstić information content (AvgIpc) is 2.79. The topological polar surface area (TPSA) is 54.6 Å². The number of hydrogen-bond donors (Lipinski definition) is 1. The molecular weight excluding hydrogens is 287 g/mol. The van der Waals surface area contributed by atoms with Crippen LogP contribution in [0.5, 0.6) is 0 Å². The minimum absolute atomic E-state index is 0.356. The highest BCUT2D eigenvalue weighted by Gasteiger charge is 2.10. The zero-order valence-electron chi connectivity index (χ0n) is 9.98. The molecule has 0 unspecified atom stereocenters. The van der Waals surface area contributed by atoms with Crippen LogP contribution in [0.25, 0.3) is 0 Å². The van der Waals surface area contributed by atoms with E-state index in [2.05, 4.69) is 10.5 Å². The molecule has 0 spiro atoms. The number of nitrogens with zero attached hydrogens (tertiary/aromatic N) is 1. The normalized spacial score (nSPS) is 10.9. The van der Waals surface area contributed by atoms with Gasteiger partial charge in [0.1, 0.15) is 5.76 Å². The summed E-state index contributed by atoms with van der Waals surface area (Å²) in [6.45, 7) is 1.70. The van der Waals surface area contributed by atoms with Gasteiger partial charge in [0.05, 0.1) is 28.1 Å². The number of benzene rings is 1. The molecule has 1 N–H and O–H groups in total. The van der Waals surface area contributed by atoms with Crippen LogP contribution in [0.4, 0.5) is 0 Å². The molecule has 0 saturated carbocycles. The fourth-order valence-corrected chi connectivity index (χ4v) is 1.97. The molecule has 0 fully saturated rings. The molecule has 0 aliphatic rings. The lowest BCUT2D eigenvalue weighted by Crippen LogP contribution is -2.17. The maximum absolute atomic E-state index is 11.7. The second-order valence-corrected chi connectivity index (χ2v) is 4.54. The molecule has 2 aromatic rings. The van der Waals surface area contributed by atoms with E-state index in [0.29, 0.717) is 26.9 Å². The average molecular weight is 297 g/mol. The standard InChI is InChI=1S/C13H10Cl2N2O2/c1-8-9(5-6-19-8)13(18)17-16-7-10-11(14)3-2-4-12(10)15/h2-7H,1H3,(H,17,18). The van der Waals surface area contributed by atoms with Gasteiger partial charge in [0.15, 0.2) is 0 Å². The summed E-state index contributed by atoms with van der Waals surface area (Å²) in [6.07, 6.45) is 2.84. The molecular formula is C13H10Cl2N2O2. The zero-order chi connectivity index (χ0) is 13.8. The maximum Gasteiger partial charge on any atom is 0.274 e. The van der Waals surface area contributed by atoms with Gasteiger partial charge < -0.3 is 4.42 Å². The molecule has 0 radical (unpaired) electrons. The predicted molar refractivity (Wildman–Crippen MR) is 75.0 cm³/mol. The number of furan rings is 1. The summed E-state index contributed by atoms with van der Waals surface area (Å²) in [6, 6.07) is 6.69. The van der Waals surface area contributed by atoms with E-state index >= 15 is 0 Å². The smallest absolute Gasteiger partial charge is 0.274 e. The van der Waals surface area contributed by atoms with E-state index < -0.39 is 0 Å². The van der Waals surface area contributed by atoms with Crippen molar-refractivity contribution in [3.05, 3.63) is 57.5 Å². The lowest BCUT2D eigenvalue weighted by Gasteiger charge is -2.01. The Morgan fingerprint density at radius 2 is 2.00 bits per heavy atom. The highest BCUT2D eigenvalue weighted by molar-refractivity contribution is 6.38. The van der Waals surface area contributed by atoms with E-state index in [-0.39, 0.29) is 5.91 Å². The van der Waals surface area contributed by atoms with Crippen LogP contribution in [-0.4, -0.2) is 12.1 Å². The Hall–Kier alpha value is -1.78. The lowest BCUT2D eigenvalue weighted by molar-refractivity contribution is 0.0953. The van der Waals surface area contributed by atoms with Gasteiger partial charge in [-0.15, -0.1) is 0 Å². The third-order valence-corrected chi connectivity index (χ3v) is 3.12. The van der Waals surface area contributed by atoms with Crippen LogP contribution in [0.3, 0.4) is 0 Å². The van der Waals surface area contributed by atoms with Gasteiger partial charge in [-0.05, 0) is 25.1 Å². The molecule has 4 nitrogen and oxygen atoms in total. The van der Waals surface area contributed by atoms with Gasteiger partial charge in [-0.1, -0.05) is 29.3 Å². The molecule has 6 heteroatoms. The molecule has 1 aromatic heterocycles. The van der Waals surface area contributed by atoms with Gasteiger partial charge in [0, 0.05) is 5.56 Å². The summed E-state index contributed by atoms with van der Waals surface area (Å²) in [5.74, 6) is 0.175. The molecule has 0 aliphatic heterocycles. The van der Waals surface area contributed by atoms with Crippen molar-refractivity contribution in [2.75, 3.05) is 0 Å². The highest BCUT2D eigenvalue weighted by atomic mass is 35.5. The van der Waals surface area contributed by atoms with Crippen molar-refractivity contribution in [1.82, 2.24) is 5.43 Å². The van der Waals surface area contributed by atoms with E-state index in [1.54, 1.807) is 31.2 Å². The highest BCUT2D eigenvalue weighted by Crippen LogP contribution is 2.22. The zero-order valence-corrected chi connectivity index (χ0v) is 11.5. The second kappa shape index (κ2) is 5.91. The largest absolute Gasteiger partial charge is 0.469 e. The lowest BCUT2D eigenvalue weighted by atomic mass is 10.2. The van der Waals surface area contributed by atoms with E-state index in [0.717, 1.165) is 0 Å². The number of rotatable bonds is 3. The van der Waals surface area contributed by atoms with E-state index in [1.807, 2.05) is 0 Å². The van der Waals surface area contributed by atoms with Crippen molar-refractivity contribution in [2.45, 2.75) is 6.92 Å². The summed E-state index contributed by atoms with van der Waals surface area (Å²) in [5, 5.41) is 4.75. The Bertz CT molecular complexity index is 615. The SMILES string of the molecule is Cc1occc1C(=O)NN=Cc1c(Cl)cccc1Cl. The number of hydrazone groups is 1. The predicted octanol–water partition coefficient (Wildman–Crippen LogP) is 3.66. The number of hydrogen-bond acceptors (Lipinski definition) is 3. The van der Waals surface area contributed by atoms with Crippen LogP contribution in [0.2, 0.25) is 10.0 Å². The number of carbonyl (C=O) groups is 1. The monoisotopic (exact) mass is 296 g/mol. The molecule has 0 aliphatic carbocycles. The molecule has 0 saturated heterocycles. The van der Waals surface area contributed by atoms with Crippen molar-refractivity contribution in [1.29, 1.82) is 0 Å². The summed E-state index contributed by atoms with van der Waals surface area (Å²) in [4.78, 5) is 11.7. The van der Waals surface area contributed by atoms with Crippen molar-refractivity contribution in [3.8, 4) is 0 Å². The Balaban J connectivity index is 2.09. The summed E-state index contributed by atoms with van der Waals surface area (Å²) >= 11 is 11.9. The third kappa shape index (κ3) is 3.16. The molecule has 1 heterocycles. The van der Waals surface area contributed by atoms with Gasteiger partial charge >= 0.3 is 0 Å². The van der Waals surface area contributed by atoms with Crippen molar-refractivity contribution >= 4 is 35.3 Å². The van der Waals surface area contributed by atoms with E-state index in [9.17, 15) is 4.79 Å². The van der Waals surface area contributed by atoms with Crippen LogP contribution in [-0.2, 0) is 0 Å². The first kappa shape index (κ1) is 13.6. The Labute approximate surface area is 120 Å². The molecule has 98 valence electrons. The Kier molecular flexibility index (Phi) is 4.24. The quantitative estimate of drug-likeness (QED) is 0.694. The molecule has 1 amide bonds. The van der Waals surface area contributed by atoms with E-state index in [4.69, 9.17) is 27.6 Å². The van der Waals surface area contributed by atoms with Gasteiger partial charge in [-0.25, -0.2) is 5.43 Å². The first-order valence-electron chi connectivity index (χ1n) is 5.41. The molecule has 0 atom stereocenters. The van der Waals surface area contributed by atoms with Crippen molar-refractivity contribution in [2.24, 2.45) is 5.10 Å². The number of amides is 1. The summed E-state index contributed by atoms with van der Waals surface area (Å²) < 4.78 is 5.03. The van der Waals surface area contributed by atoms with E-state index in [1.165, 1.54) is 12.5 Å². The first-order valence-corrected chi connectivity index (χ1v) is 6.16. The molecule has 1 aromatic carbocycles. The number of aryl methyl sites for hydroxylation is 1. The molecule has 19 heavy (non-hydrogen) atoms. The minimum Gasteiger partial charge on any atom is -0.469 e. The van der Waals surface area contributed by atoms with Crippen LogP contribution < -0.4 is 5.43 Å². The fraction of sp³-hybridized carbons (Fsp3) is 0.0769.